The highest BCUT2D eigenvalue weighted by Gasteiger charge is 2.20. The van der Waals surface area contributed by atoms with Crippen LogP contribution in [-0.4, -0.2) is 30.6 Å². The van der Waals surface area contributed by atoms with Gasteiger partial charge in [0.15, 0.2) is 0 Å². The van der Waals surface area contributed by atoms with Crippen LogP contribution in [0.1, 0.15) is 31.6 Å². The van der Waals surface area contributed by atoms with Gasteiger partial charge in [-0.25, -0.2) is 0 Å². The zero-order valence-corrected chi connectivity index (χ0v) is 12.9. The number of nitrogens with zero attached hydrogens (tertiary/aromatic N) is 1. The third kappa shape index (κ3) is 4.54. The van der Waals surface area contributed by atoms with Gasteiger partial charge in [0.1, 0.15) is 0 Å². The number of likely N-dealkylation sites (tertiary alicyclic amines) is 1. The standard InChI is InChI=1S/C14H23ClN2S/c1-11(2)16-7-12-4-3-5-17(8-12)9-14-6-13(15)10-18-14/h6,10-12,16H,3-5,7-9H2,1-2H3. The Morgan fingerprint density at radius 2 is 2.39 bits per heavy atom. The summed E-state index contributed by atoms with van der Waals surface area (Å²) in [6, 6.07) is 2.69. The SMILES string of the molecule is CC(C)NCC1CCCN(Cc2cc(Cl)cs2)C1. The van der Waals surface area contributed by atoms with E-state index in [-0.39, 0.29) is 0 Å². The van der Waals surface area contributed by atoms with Gasteiger partial charge >= 0.3 is 0 Å². The molecule has 2 heterocycles. The highest BCUT2D eigenvalue weighted by atomic mass is 35.5. The average molecular weight is 287 g/mol. The van der Waals surface area contributed by atoms with Crippen molar-refractivity contribution in [1.29, 1.82) is 0 Å². The molecule has 0 aliphatic carbocycles. The molecule has 1 saturated heterocycles. The maximum Gasteiger partial charge on any atom is 0.0516 e. The van der Waals surface area contributed by atoms with Crippen LogP contribution in [0.25, 0.3) is 0 Å². The van der Waals surface area contributed by atoms with Crippen LogP contribution in [0.5, 0.6) is 0 Å². The molecule has 0 aromatic carbocycles. The first kappa shape index (κ1) is 14.3. The third-order valence-corrected chi connectivity index (χ3v) is 4.69. The minimum atomic E-state index is 0.594. The zero-order valence-electron chi connectivity index (χ0n) is 11.3. The van der Waals surface area contributed by atoms with Crippen molar-refractivity contribution >= 4 is 22.9 Å². The van der Waals surface area contributed by atoms with Crippen molar-refractivity contribution < 1.29 is 0 Å². The maximum absolute atomic E-state index is 5.97. The Morgan fingerprint density at radius 1 is 1.56 bits per heavy atom. The van der Waals surface area contributed by atoms with Crippen LogP contribution < -0.4 is 5.32 Å². The van der Waals surface area contributed by atoms with Gasteiger partial charge in [0.25, 0.3) is 0 Å². The van der Waals surface area contributed by atoms with Gasteiger partial charge in [-0.2, -0.15) is 0 Å². The summed E-state index contributed by atoms with van der Waals surface area (Å²) in [6.45, 7) is 9.10. The fourth-order valence-corrected chi connectivity index (χ4v) is 3.64. The minimum Gasteiger partial charge on any atom is -0.314 e. The van der Waals surface area contributed by atoms with E-state index in [0.29, 0.717) is 6.04 Å². The van der Waals surface area contributed by atoms with E-state index in [1.54, 1.807) is 11.3 Å². The van der Waals surface area contributed by atoms with E-state index < -0.39 is 0 Å². The average Bonchev–Trinajstić information content (AvgIpc) is 2.73. The molecule has 1 atom stereocenters. The lowest BCUT2D eigenvalue weighted by atomic mass is 9.97. The van der Waals surface area contributed by atoms with E-state index in [1.165, 1.54) is 30.8 Å². The van der Waals surface area contributed by atoms with Crippen LogP contribution in [0.2, 0.25) is 5.02 Å². The van der Waals surface area contributed by atoms with E-state index in [4.69, 9.17) is 11.6 Å². The van der Waals surface area contributed by atoms with E-state index >= 15 is 0 Å². The zero-order chi connectivity index (χ0) is 13.0. The van der Waals surface area contributed by atoms with Crippen molar-refractivity contribution in [2.24, 2.45) is 5.92 Å². The van der Waals surface area contributed by atoms with Gasteiger partial charge in [-0.15, -0.1) is 11.3 Å². The van der Waals surface area contributed by atoms with Crippen LogP contribution in [-0.2, 0) is 6.54 Å². The van der Waals surface area contributed by atoms with Crippen molar-refractivity contribution in [3.63, 3.8) is 0 Å². The van der Waals surface area contributed by atoms with Crippen LogP contribution in [0.4, 0.5) is 0 Å². The first-order valence-corrected chi connectivity index (χ1v) is 8.08. The highest BCUT2D eigenvalue weighted by molar-refractivity contribution is 7.10. The van der Waals surface area contributed by atoms with Crippen LogP contribution >= 0.6 is 22.9 Å². The molecule has 102 valence electrons. The Bertz CT molecular complexity index is 364. The number of piperidine rings is 1. The number of hydrogen-bond acceptors (Lipinski definition) is 3. The number of rotatable bonds is 5. The van der Waals surface area contributed by atoms with E-state index in [0.717, 1.165) is 24.0 Å². The predicted molar refractivity (Wildman–Crippen MR) is 80.5 cm³/mol. The van der Waals surface area contributed by atoms with E-state index in [9.17, 15) is 0 Å². The van der Waals surface area contributed by atoms with Crippen LogP contribution in [0, 0.1) is 5.92 Å². The van der Waals surface area contributed by atoms with Crippen molar-refractivity contribution in [3.8, 4) is 0 Å². The summed E-state index contributed by atoms with van der Waals surface area (Å²) in [5.41, 5.74) is 0. The van der Waals surface area contributed by atoms with Gasteiger partial charge < -0.3 is 5.32 Å². The van der Waals surface area contributed by atoms with Crippen molar-refractivity contribution in [3.05, 3.63) is 21.3 Å². The lowest BCUT2D eigenvalue weighted by Crippen LogP contribution is -2.40. The van der Waals surface area contributed by atoms with Gasteiger partial charge in [0, 0.05) is 29.4 Å². The summed E-state index contributed by atoms with van der Waals surface area (Å²) in [6.07, 6.45) is 2.69. The Labute approximate surface area is 119 Å². The van der Waals surface area contributed by atoms with Gasteiger partial charge in [-0.05, 0) is 37.9 Å². The van der Waals surface area contributed by atoms with Gasteiger partial charge in [-0.1, -0.05) is 25.4 Å². The molecular weight excluding hydrogens is 264 g/mol. The summed E-state index contributed by atoms with van der Waals surface area (Å²) in [5.74, 6) is 0.802. The summed E-state index contributed by atoms with van der Waals surface area (Å²) >= 11 is 7.75. The third-order valence-electron chi connectivity index (χ3n) is 3.42. The maximum atomic E-state index is 5.97. The first-order valence-electron chi connectivity index (χ1n) is 6.82. The number of nitrogens with one attached hydrogen (secondary N) is 1. The molecule has 1 aliphatic heterocycles. The van der Waals surface area contributed by atoms with Crippen LogP contribution in [0.15, 0.2) is 11.4 Å². The van der Waals surface area contributed by atoms with Gasteiger partial charge in [0.05, 0.1) is 5.02 Å². The molecule has 4 heteroatoms. The monoisotopic (exact) mass is 286 g/mol. The van der Waals surface area contributed by atoms with Crippen molar-refractivity contribution in [1.82, 2.24) is 10.2 Å². The highest BCUT2D eigenvalue weighted by Crippen LogP contribution is 2.23. The molecule has 1 fully saturated rings. The fraction of sp³-hybridized carbons (Fsp3) is 0.714. The summed E-state index contributed by atoms with van der Waals surface area (Å²) in [7, 11) is 0. The minimum absolute atomic E-state index is 0.594. The molecule has 0 radical (unpaired) electrons. The van der Waals surface area contributed by atoms with Gasteiger partial charge in [-0.3, -0.25) is 4.90 Å². The van der Waals surface area contributed by atoms with Crippen LogP contribution in [0.3, 0.4) is 0 Å². The van der Waals surface area contributed by atoms with Gasteiger partial charge in [0.2, 0.25) is 0 Å². The Kier molecular flexibility index (Phi) is 5.49. The summed E-state index contributed by atoms with van der Waals surface area (Å²) < 4.78 is 0. The number of halogens is 1. The summed E-state index contributed by atoms with van der Waals surface area (Å²) in [5, 5.41) is 6.46. The number of hydrogen-bond donors (Lipinski definition) is 1. The van der Waals surface area contributed by atoms with Crippen molar-refractivity contribution in [2.45, 2.75) is 39.3 Å². The molecule has 0 saturated carbocycles. The largest absolute Gasteiger partial charge is 0.314 e. The second-order valence-corrected chi connectivity index (χ2v) is 6.97. The second-order valence-electron chi connectivity index (χ2n) is 5.54. The Morgan fingerprint density at radius 3 is 3.06 bits per heavy atom. The molecule has 18 heavy (non-hydrogen) atoms. The van der Waals surface area contributed by atoms with E-state index in [2.05, 4.69) is 30.1 Å². The molecule has 2 rings (SSSR count). The van der Waals surface area contributed by atoms with Crippen molar-refractivity contribution in [2.75, 3.05) is 19.6 Å². The smallest absolute Gasteiger partial charge is 0.0516 e. The number of thiophene rings is 1. The normalized spacial score (nSPS) is 21.7. The quantitative estimate of drug-likeness (QED) is 0.889. The molecule has 1 aliphatic rings. The molecule has 1 unspecified atom stereocenters. The molecule has 1 aromatic heterocycles. The topological polar surface area (TPSA) is 15.3 Å². The Hall–Kier alpha value is -0.0900. The molecule has 0 bridgehead atoms. The predicted octanol–water partition coefficient (Wildman–Crippen LogP) is 3.61. The molecule has 0 spiro atoms. The molecule has 2 nitrogen and oxygen atoms in total. The van der Waals surface area contributed by atoms with E-state index in [1.807, 2.05) is 5.38 Å². The lowest BCUT2D eigenvalue weighted by Gasteiger charge is -2.33. The summed E-state index contributed by atoms with van der Waals surface area (Å²) in [4.78, 5) is 3.95. The molecular formula is C14H23ClN2S. The first-order chi connectivity index (χ1) is 8.63. The second kappa shape index (κ2) is 6.90. The fourth-order valence-electron chi connectivity index (χ4n) is 2.52. The molecule has 0 amide bonds. The Balaban J connectivity index is 1.79. The molecule has 1 N–H and O–H groups in total. The molecule has 1 aromatic rings. The lowest BCUT2D eigenvalue weighted by molar-refractivity contribution is 0.165.